The maximum absolute atomic E-state index is 12.7. The summed E-state index contributed by atoms with van der Waals surface area (Å²) < 4.78 is 0. The summed E-state index contributed by atoms with van der Waals surface area (Å²) in [5.41, 5.74) is 0. The number of ketones is 2. The van der Waals surface area contributed by atoms with E-state index in [2.05, 4.69) is 55.4 Å². The molecule has 0 aromatic heterocycles. The van der Waals surface area contributed by atoms with Crippen molar-refractivity contribution in [2.24, 2.45) is 47.3 Å². The molecular weight excluding hydrogens is 596 g/mol. The van der Waals surface area contributed by atoms with E-state index in [9.17, 15) is 24.9 Å². The molecule has 0 fully saturated rings. The Kier molecular flexibility index (Phi) is 27.4. The van der Waals surface area contributed by atoms with Crippen molar-refractivity contribution in [1.29, 1.82) is 0 Å². The van der Waals surface area contributed by atoms with E-state index in [0.29, 0.717) is 11.8 Å². The first-order valence-electron chi connectivity index (χ1n) is 20.6. The molecule has 0 aromatic rings. The predicted octanol–water partition coefficient (Wildman–Crippen LogP) is 11.1. The fourth-order valence-electron chi connectivity index (χ4n) is 7.27. The van der Waals surface area contributed by atoms with Gasteiger partial charge in [0.15, 0.2) is 11.6 Å². The minimum Gasteiger partial charge on any atom is -0.387 e. The van der Waals surface area contributed by atoms with Gasteiger partial charge >= 0.3 is 0 Å². The number of rotatable bonds is 32. The molecule has 0 bridgehead atoms. The minimum atomic E-state index is -1.77. The van der Waals surface area contributed by atoms with Crippen LogP contribution in [0.15, 0.2) is 0 Å². The molecule has 0 radical (unpaired) electrons. The number of aliphatic hydroxyl groups excluding tert-OH is 3. The van der Waals surface area contributed by atoms with Crippen LogP contribution in [0.3, 0.4) is 0 Å². The smallest absolute Gasteiger partial charge is 0.164 e. The first-order chi connectivity index (χ1) is 22.5. The van der Waals surface area contributed by atoms with E-state index in [0.717, 1.165) is 62.2 Å². The Morgan fingerprint density at radius 2 is 0.562 bits per heavy atom. The van der Waals surface area contributed by atoms with E-state index in [1.807, 2.05) is 13.8 Å². The normalized spacial score (nSPS) is 17.9. The van der Waals surface area contributed by atoms with Crippen LogP contribution in [0.5, 0.6) is 0 Å². The second-order valence-corrected chi connectivity index (χ2v) is 17.7. The summed E-state index contributed by atoms with van der Waals surface area (Å²) in [4.78, 5) is 25.4. The summed E-state index contributed by atoms with van der Waals surface area (Å²) in [6.07, 6.45) is 16.8. The minimum absolute atomic E-state index is 0.0842. The summed E-state index contributed by atoms with van der Waals surface area (Å²) in [6.45, 7) is 22.6. The zero-order chi connectivity index (χ0) is 36.6. The molecule has 0 aliphatic rings. The van der Waals surface area contributed by atoms with Gasteiger partial charge in [0, 0.05) is 12.8 Å². The average Bonchev–Trinajstić information content (AvgIpc) is 2.99. The average molecular weight is 681 g/mol. The van der Waals surface area contributed by atoms with Crippen LogP contribution >= 0.6 is 0 Å². The Balaban J connectivity index is 4.23. The molecule has 0 aromatic carbocycles. The van der Waals surface area contributed by atoms with Crippen molar-refractivity contribution in [2.75, 3.05) is 0 Å². The standard InChI is InChI=1S/C43H84O5/c1-31(2)17-11-19-33(5)21-13-23-35(7)25-15-27-37(9)29-39(44)41(46)43(48)42(47)40(45)30-38(10)28-16-26-36(8)24-14-22-34(6)20-12-18-32(3)4/h31-38,41-43,46-48H,11-30H2,1-10H3. The van der Waals surface area contributed by atoms with E-state index in [1.165, 1.54) is 77.0 Å². The van der Waals surface area contributed by atoms with Gasteiger partial charge < -0.3 is 15.3 Å². The van der Waals surface area contributed by atoms with E-state index in [1.54, 1.807) is 0 Å². The maximum atomic E-state index is 12.7. The van der Waals surface area contributed by atoms with Gasteiger partial charge in [-0.15, -0.1) is 0 Å². The zero-order valence-electron chi connectivity index (χ0n) is 33.7. The second-order valence-electron chi connectivity index (χ2n) is 17.7. The highest BCUT2D eigenvalue weighted by Crippen LogP contribution is 2.25. The SMILES string of the molecule is CC(C)CCCC(C)CCCC(C)CCCC(C)CC(=O)C(O)C(O)C(O)C(=O)CC(C)CCCC(C)CCCC(C)CCCC(C)C. The van der Waals surface area contributed by atoms with Gasteiger partial charge in [-0.3, -0.25) is 9.59 Å². The molecule has 0 heterocycles. The highest BCUT2D eigenvalue weighted by Gasteiger charge is 2.34. The van der Waals surface area contributed by atoms with Crippen LogP contribution in [0.1, 0.15) is 198 Å². The number of hydrogen-bond acceptors (Lipinski definition) is 5. The predicted molar refractivity (Wildman–Crippen MR) is 205 cm³/mol. The molecule has 3 N–H and O–H groups in total. The Morgan fingerprint density at radius 1 is 0.354 bits per heavy atom. The van der Waals surface area contributed by atoms with Crippen molar-refractivity contribution in [2.45, 2.75) is 216 Å². The summed E-state index contributed by atoms with van der Waals surface area (Å²) in [6, 6.07) is 0. The van der Waals surface area contributed by atoms with Crippen LogP contribution in [0.2, 0.25) is 0 Å². The number of Topliss-reactive ketones (excluding diaryl/α,β-unsaturated/α-hetero) is 2. The van der Waals surface area contributed by atoms with E-state index in [4.69, 9.17) is 0 Å². The Hall–Kier alpha value is -0.780. The molecule has 0 aliphatic heterocycles. The molecule has 0 rings (SSSR count). The van der Waals surface area contributed by atoms with Crippen molar-refractivity contribution >= 4 is 11.6 Å². The van der Waals surface area contributed by atoms with Gasteiger partial charge in [-0.25, -0.2) is 0 Å². The lowest BCUT2D eigenvalue weighted by atomic mass is 9.88. The monoisotopic (exact) mass is 681 g/mol. The second kappa shape index (κ2) is 27.9. The van der Waals surface area contributed by atoms with Gasteiger partial charge in [-0.05, 0) is 47.3 Å². The van der Waals surface area contributed by atoms with Crippen molar-refractivity contribution < 1.29 is 24.9 Å². The lowest BCUT2D eigenvalue weighted by Gasteiger charge is -2.23. The summed E-state index contributed by atoms with van der Waals surface area (Å²) in [7, 11) is 0. The maximum Gasteiger partial charge on any atom is 0.164 e. The van der Waals surface area contributed by atoms with Gasteiger partial charge in [-0.1, -0.05) is 185 Å². The molecule has 5 heteroatoms. The number of carbonyl (C=O) groups excluding carboxylic acids is 2. The summed E-state index contributed by atoms with van der Waals surface area (Å²) >= 11 is 0. The summed E-state index contributed by atoms with van der Waals surface area (Å²) in [5.74, 6) is 3.71. The third-order valence-corrected chi connectivity index (χ3v) is 10.9. The van der Waals surface area contributed by atoms with Gasteiger partial charge in [0.25, 0.3) is 0 Å². The van der Waals surface area contributed by atoms with Crippen LogP contribution in [0, 0.1) is 47.3 Å². The first-order valence-corrected chi connectivity index (χ1v) is 20.6. The lowest BCUT2D eigenvalue weighted by molar-refractivity contribution is -0.147. The zero-order valence-corrected chi connectivity index (χ0v) is 33.7. The summed E-state index contributed by atoms with van der Waals surface area (Å²) in [5, 5.41) is 31.5. The molecule has 8 atom stereocenters. The molecule has 0 saturated heterocycles. The highest BCUT2D eigenvalue weighted by atomic mass is 16.4. The molecule has 8 unspecified atom stereocenters. The third kappa shape index (κ3) is 25.2. The lowest BCUT2D eigenvalue weighted by Crippen LogP contribution is -2.46. The van der Waals surface area contributed by atoms with Crippen LogP contribution in [-0.2, 0) is 9.59 Å². The Labute approximate surface area is 299 Å². The van der Waals surface area contributed by atoms with Crippen LogP contribution in [-0.4, -0.2) is 45.2 Å². The molecule has 48 heavy (non-hydrogen) atoms. The highest BCUT2D eigenvalue weighted by molar-refractivity contribution is 5.87. The van der Waals surface area contributed by atoms with Gasteiger partial charge in [0.05, 0.1) is 0 Å². The van der Waals surface area contributed by atoms with Crippen molar-refractivity contribution in [1.82, 2.24) is 0 Å². The molecule has 0 spiro atoms. The molecule has 0 saturated carbocycles. The molecular formula is C43H84O5. The number of carbonyl (C=O) groups is 2. The molecule has 0 amide bonds. The molecule has 286 valence electrons. The third-order valence-electron chi connectivity index (χ3n) is 10.9. The molecule has 0 aliphatic carbocycles. The van der Waals surface area contributed by atoms with Crippen LogP contribution < -0.4 is 0 Å². The Bertz CT molecular complexity index is 730. The van der Waals surface area contributed by atoms with Crippen LogP contribution in [0.25, 0.3) is 0 Å². The van der Waals surface area contributed by atoms with Crippen molar-refractivity contribution in [3.8, 4) is 0 Å². The first kappa shape index (κ1) is 47.2. The van der Waals surface area contributed by atoms with Crippen molar-refractivity contribution in [3.63, 3.8) is 0 Å². The fourth-order valence-corrected chi connectivity index (χ4v) is 7.27. The van der Waals surface area contributed by atoms with Crippen molar-refractivity contribution in [3.05, 3.63) is 0 Å². The van der Waals surface area contributed by atoms with Crippen LogP contribution in [0.4, 0.5) is 0 Å². The van der Waals surface area contributed by atoms with Gasteiger partial charge in [-0.2, -0.15) is 0 Å². The van der Waals surface area contributed by atoms with E-state index < -0.39 is 29.9 Å². The topological polar surface area (TPSA) is 94.8 Å². The number of aliphatic hydroxyl groups is 3. The van der Waals surface area contributed by atoms with Gasteiger partial charge in [0.2, 0.25) is 0 Å². The molecule has 5 nitrogen and oxygen atoms in total. The van der Waals surface area contributed by atoms with E-state index >= 15 is 0 Å². The largest absolute Gasteiger partial charge is 0.387 e. The Morgan fingerprint density at radius 3 is 0.792 bits per heavy atom. The van der Waals surface area contributed by atoms with Gasteiger partial charge in [0.1, 0.15) is 18.3 Å². The van der Waals surface area contributed by atoms with E-state index in [-0.39, 0.29) is 24.7 Å². The number of hydrogen-bond donors (Lipinski definition) is 3. The fraction of sp³-hybridized carbons (Fsp3) is 0.953. The quantitative estimate of drug-likeness (QED) is 0.0657.